The van der Waals surface area contributed by atoms with E-state index in [2.05, 4.69) is 15.3 Å². The van der Waals surface area contributed by atoms with Crippen molar-refractivity contribution in [3.8, 4) is 0 Å². The first-order valence-corrected chi connectivity index (χ1v) is 6.27. The summed E-state index contributed by atoms with van der Waals surface area (Å²) in [5, 5.41) is 3.28. The number of amides is 1. The molecule has 1 heterocycles. The Kier molecular flexibility index (Phi) is 7.90. The van der Waals surface area contributed by atoms with E-state index in [0.717, 1.165) is 6.54 Å². The molecule has 0 bridgehead atoms. The van der Waals surface area contributed by atoms with Crippen LogP contribution in [0.1, 0.15) is 36.1 Å². The van der Waals surface area contributed by atoms with Crippen LogP contribution in [0.3, 0.4) is 0 Å². The van der Waals surface area contributed by atoms with Crippen molar-refractivity contribution in [1.82, 2.24) is 20.2 Å². The van der Waals surface area contributed by atoms with Crippen LogP contribution in [0, 0.1) is 0 Å². The van der Waals surface area contributed by atoms with Crippen LogP contribution >= 0.6 is 24.0 Å². The Morgan fingerprint density at radius 3 is 2.68 bits per heavy atom. The fraction of sp³-hybridized carbons (Fsp3) is 0.583. The number of carbonyl (C=O) groups excluding carboxylic acids is 1. The van der Waals surface area contributed by atoms with Gasteiger partial charge in [0, 0.05) is 26.1 Å². The highest BCUT2D eigenvalue weighted by Crippen LogP contribution is 2.17. The van der Waals surface area contributed by atoms with E-state index >= 15 is 0 Å². The molecular weight excluding hydrogens is 287 g/mol. The predicted octanol–water partition coefficient (Wildman–Crippen LogP) is 1.97. The topological polar surface area (TPSA) is 58.1 Å². The Labute approximate surface area is 125 Å². The molecule has 0 saturated heterocycles. The van der Waals surface area contributed by atoms with Gasteiger partial charge in [0.05, 0.1) is 11.2 Å². The van der Waals surface area contributed by atoms with E-state index in [0.29, 0.717) is 17.4 Å². The van der Waals surface area contributed by atoms with E-state index in [-0.39, 0.29) is 29.9 Å². The number of likely N-dealkylation sites (N-methyl/N-ethyl adjacent to an activating group) is 2. The second kappa shape index (κ2) is 8.30. The van der Waals surface area contributed by atoms with E-state index in [1.165, 1.54) is 6.20 Å². The Bertz CT molecular complexity index is 426. The van der Waals surface area contributed by atoms with Gasteiger partial charge in [0.1, 0.15) is 5.82 Å². The number of hydrogen-bond acceptors (Lipinski definition) is 4. The fourth-order valence-electron chi connectivity index (χ4n) is 1.37. The number of carbonyl (C=O) groups is 1. The highest BCUT2D eigenvalue weighted by Gasteiger charge is 2.18. The summed E-state index contributed by atoms with van der Waals surface area (Å²) < 4.78 is 0. The van der Waals surface area contributed by atoms with Gasteiger partial charge in [-0.15, -0.1) is 12.4 Å². The first-order chi connectivity index (χ1) is 8.47. The molecule has 0 radical (unpaired) electrons. The molecule has 108 valence electrons. The molecule has 0 fully saturated rings. The van der Waals surface area contributed by atoms with Crippen molar-refractivity contribution in [2.24, 2.45) is 0 Å². The minimum absolute atomic E-state index is 0. The summed E-state index contributed by atoms with van der Waals surface area (Å²) >= 11 is 5.99. The third kappa shape index (κ3) is 4.93. The van der Waals surface area contributed by atoms with Crippen LogP contribution in [-0.4, -0.2) is 48.0 Å². The van der Waals surface area contributed by atoms with Gasteiger partial charge in [0.15, 0.2) is 5.69 Å². The zero-order valence-corrected chi connectivity index (χ0v) is 13.2. The summed E-state index contributed by atoms with van der Waals surface area (Å²) in [6.07, 6.45) is 1.49. The monoisotopic (exact) mass is 306 g/mol. The third-order valence-corrected chi connectivity index (χ3v) is 2.80. The zero-order valence-electron chi connectivity index (χ0n) is 11.6. The van der Waals surface area contributed by atoms with Crippen molar-refractivity contribution in [2.75, 3.05) is 27.2 Å². The zero-order chi connectivity index (χ0) is 13.7. The summed E-state index contributed by atoms with van der Waals surface area (Å²) in [6, 6.07) is 0. The number of nitrogens with zero attached hydrogens (tertiary/aromatic N) is 3. The summed E-state index contributed by atoms with van der Waals surface area (Å²) in [6.45, 7) is 5.28. The number of rotatable bonds is 5. The smallest absolute Gasteiger partial charge is 0.273 e. The Morgan fingerprint density at radius 2 is 2.16 bits per heavy atom. The minimum atomic E-state index is -0.181. The second-order valence-electron chi connectivity index (χ2n) is 4.41. The molecule has 19 heavy (non-hydrogen) atoms. The minimum Gasteiger partial charge on any atom is -0.339 e. The molecule has 0 unspecified atom stereocenters. The average molecular weight is 307 g/mol. The van der Waals surface area contributed by atoms with E-state index in [9.17, 15) is 4.79 Å². The van der Waals surface area contributed by atoms with Gasteiger partial charge in [-0.1, -0.05) is 25.4 Å². The molecule has 1 aromatic rings. The van der Waals surface area contributed by atoms with Crippen LogP contribution < -0.4 is 5.32 Å². The van der Waals surface area contributed by atoms with E-state index in [1.807, 2.05) is 20.9 Å². The number of aromatic nitrogens is 2. The fourth-order valence-corrected chi connectivity index (χ4v) is 1.54. The Hall–Kier alpha value is -0.910. The molecule has 0 spiro atoms. The van der Waals surface area contributed by atoms with Crippen molar-refractivity contribution in [3.63, 3.8) is 0 Å². The van der Waals surface area contributed by atoms with Gasteiger partial charge in [0.2, 0.25) is 0 Å². The van der Waals surface area contributed by atoms with Gasteiger partial charge >= 0.3 is 0 Å². The SMILES string of the molecule is CNCCN(C)C(=O)c1nc(C(C)C)ncc1Cl.Cl. The van der Waals surface area contributed by atoms with Gasteiger partial charge in [-0.05, 0) is 7.05 Å². The van der Waals surface area contributed by atoms with Crippen LogP contribution in [-0.2, 0) is 0 Å². The molecule has 0 aromatic carbocycles. The summed E-state index contributed by atoms with van der Waals surface area (Å²) in [5.74, 6) is 0.612. The first kappa shape index (κ1) is 18.1. The Morgan fingerprint density at radius 1 is 1.53 bits per heavy atom. The first-order valence-electron chi connectivity index (χ1n) is 5.89. The molecule has 0 aliphatic carbocycles. The summed E-state index contributed by atoms with van der Waals surface area (Å²) in [4.78, 5) is 22.1. The average Bonchev–Trinajstić information content (AvgIpc) is 2.35. The van der Waals surface area contributed by atoms with Crippen molar-refractivity contribution in [1.29, 1.82) is 0 Å². The largest absolute Gasteiger partial charge is 0.339 e. The Balaban J connectivity index is 0.00000324. The van der Waals surface area contributed by atoms with E-state index in [1.54, 1.807) is 11.9 Å². The number of hydrogen-bond donors (Lipinski definition) is 1. The molecule has 7 heteroatoms. The number of nitrogens with one attached hydrogen (secondary N) is 1. The lowest BCUT2D eigenvalue weighted by atomic mass is 10.2. The maximum atomic E-state index is 12.2. The quantitative estimate of drug-likeness (QED) is 0.903. The molecule has 0 aliphatic heterocycles. The molecule has 1 rings (SSSR count). The molecule has 1 amide bonds. The lowest BCUT2D eigenvalue weighted by Crippen LogP contribution is -2.33. The maximum Gasteiger partial charge on any atom is 0.273 e. The van der Waals surface area contributed by atoms with Crippen LogP contribution in [0.2, 0.25) is 5.02 Å². The second-order valence-corrected chi connectivity index (χ2v) is 4.82. The van der Waals surface area contributed by atoms with Crippen LogP contribution in [0.15, 0.2) is 6.20 Å². The van der Waals surface area contributed by atoms with Crippen molar-refractivity contribution < 1.29 is 4.79 Å². The normalized spacial score (nSPS) is 10.2. The molecule has 0 saturated carbocycles. The van der Waals surface area contributed by atoms with Gasteiger partial charge < -0.3 is 10.2 Å². The summed E-state index contributed by atoms with van der Waals surface area (Å²) in [7, 11) is 3.57. The van der Waals surface area contributed by atoms with Crippen LogP contribution in [0.25, 0.3) is 0 Å². The third-order valence-electron chi connectivity index (χ3n) is 2.53. The van der Waals surface area contributed by atoms with Crippen molar-refractivity contribution >= 4 is 29.9 Å². The van der Waals surface area contributed by atoms with E-state index < -0.39 is 0 Å². The van der Waals surface area contributed by atoms with Gasteiger partial charge in [-0.25, -0.2) is 9.97 Å². The van der Waals surface area contributed by atoms with Gasteiger partial charge in [-0.3, -0.25) is 4.79 Å². The lowest BCUT2D eigenvalue weighted by molar-refractivity contribution is 0.0790. The highest BCUT2D eigenvalue weighted by molar-refractivity contribution is 6.33. The lowest BCUT2D eigenvalue weighted by Gasteiger charge is -2.17. The van der Waals surface area contributed by atoms with Crippen LogP contribution in [0.5, 0.6) is 0 Å². The molecular formula is C12H20Cl2N4O. The van der Waals surface area contributed by atoms with Gasteiger partial charge in [0.25, 0.3) is 5.91 Å². The number of halogens is 2. The molecule has 0 atom stereocenters. The molecule has 1 N–H and O–H groups in total. The molecule has 1 aromatic heterocycles. The standard InChI is InChI=1S/C12H19ClN4O.ClH/c1-8(2)11-15-7-9(13)10(16-11)12(18)17(4)6-5-14-3;/h7-8,14H,5-6H2,1-4H3;1H. The van der Waals surface area contributed by atoms with Crippen LogP contribution in [0.4, 0.5) is 0 Å². The highest BCUT2D eigenvalue weighted by atomic mass is 35.5. The van der Waals surface area contributed by atoms with Crippen molar-refractivity contribution in [3.05, 3.63) is 22.7 Å². The maximum absolute atomic E-state index is 12.2. The molecule has 5 nitrogen and oxygen atoms in total. The van der Waals surface area contributed by atoms with Gasteiger partial charge in [-0.2, -0.15) is 0 Å². The predicted molar refractivity (Wildman–Crippen MR) is 79.3 cm³/mol. The van der Waals surface area contributed by atoms with Crippen molar-refractivity contribution in [2.45, 2.75) is 19.8 Å². The molecule has 0 aliphatic rings. The summed E-state index contributed by atoms with van der Waals surface area (Å²) in [5.41, 5.74) is 0.272. The van der Waals surface area contributed by atoms with E-state index in [4.69, 9.17) is 11.6 Å².